The Balaban J connectivity index is 3.12. The molecule has 0 radical (unpaired) electrons. The van der Waals surface area contributed by atoms with Crippen LogP contribution in [0.5, 0.6) is 0 Å². The fourth-order valence-electron chi connectivity index (χ4n) is 1.67. The molecule has 0 bridgehead atoms. The molecule has 0 aliphatic carbocycles. The largest absolute Gasteiger partial charge is 0.493 e. The van der Waals surface area contributed by atoms with Gasteiger partial charge in [0.2, 0.25) is 0 Å². The van der Waals surface area contributed by atoms with Gasteiger partial charge in [0.25, 0.3) is 0 Å². The number of nitrogens with zero attached hydrogens (tertiary/aromatic N) is 1. The van der Waals surface area contributed by atoms with Crippen molar-refractivity contribution in [1.82, 2.24) is 4.90 Å². The average molecular weight is 231 g/mol. The molecule has 0 unspecified atom stereocenters. The molecular formula is C15H21NO. The van der Waals surface area contributed by atoms with Crippen molar-refractivity contribution in [3.63, 3.8) is 0 Å². The number of likely N-dealkylation sites (N-methyl/N-ethyl adjacent to an activating group) is 1. The first-order chi connectivity index (χ1) is 8.19. The third-order valence-electron chi connectivity index (χ3n) is 2.35. The van der Waals surface area contributed by atoms with Gasteiger partial charge in [-0.3, -0.25) is 0 Å². The minimum Gasteiger partial charge on any atom is -0.493 e. The number of benzene rings is 1. The van der Waals surface area contributed by atoms with Crippen LogP contribution in [0.2, 0.25) is 0 Å². The maximum absolute atomic E-state index is 5.76. The van der Waals surface area contributed by atoms with Crippen molar-refractivity contribution in [2.24, 2.45) is 0 Å². The molecule has 0 fully saturated rings. The SMILES string of the molecule is C=C/C(CN(C)C)=C(\OCC)c1ccccc1. The smallest absolute Gasteiger partial charge is 0.130 e. The summed E-state index contributed by atoms with van der Waals surface area (Å²) in [5.41, 5.74) is 2.22. The molecule has 0 saturated heterocycles. The van der Waals surface area contributed by atoms with Crippen LogP contribution < -0.4 is 0 Å². The second-order valence-corrected chi connectivity index (χ2v) is 4.10. The Morgan fingerprint density at radius 3 is 2.41 bits per heavy atom. The van der Waals surface area contributed by atoms with Gasteiger partial charge in [-0.2, -0.15) is 0 Å². The highest BCUT2D eigenvalue weighted by Gasteiger charge is 2.08. The number of hydrogen-bond donors (Lipinski definition) is 0. The van der Waals surface area contributed by atoms with Crippen LogP contribution >= 0.6 is 0 Å². The maximum Gasteiger partial charge on any atom is 0.130 e. The zero-order chi connectivity index (χ0) is 12.7. The van der Waals surface area contributed by atoms with Gasteiger partial charge in [0.15, 0.2) is 0 Å². The van der Waals surface area contributed by atoms with Gasteiger partial charge >= 0.3 is 0 Å². The summed E-state index contributed by atoms with van der Waals surface area (Å²) in [6, 6.07) is 10.2. The fourth-order valence-corrected chi connectivity index (χ4v) is 1.67. The van der Waals surface area contributed by atoms with Gasteiger partial charge in [-0.1, -0.05) is 43.0 Å². The van der Waals surface area contributed by atoms with Crippen LogP contribution in [-0.2, 0) is 4.74 Å². The summed E-state index contributed by atoms with van der Waals surface area (Å²) in [6.45, 7) is 7.37. The van der Waals surface area contributed by atoms with Crippen LogP contribution in [0.15, 0.2) is 48.6 Å². The Labute approximate surface area is 104 Å². The van der Waals surface area contributed by atoms with E-state index < -0.39 is 0 Å². The van der Waals surface area contributed by atoms with Crippen molar-refractivity contribution in [3.8, 4) is 0 Å². The van der Waals surface area contributed by atoms with Crippen molar-refractivity contribution in [2.75, 3.05) is 27.2 Å². The zero-order valence-electron chi connectivity index (χ0n) is 10.9. The van der Waals surface area contributed by atoms with Crippen LogP contribution in [0.1, 0.15) is 12.5 Å². The van der Waals surface area contributed by atoms with E-state index in [9.17, 15) is 0 Å². The Kier molecular flexibility index (Phi) is 5.50. The molecule has 92 valence electrons. The van der Waals surface area contributed by atoms with Gasteiger partial charge in [0.05, 0.1) is 6.61 Å². The highest BCUT2D eigenvalue weighted by molar-refractivity contribution is 5.65. The average Bonchev–Trinajstić information content (AvgIpc) is 2.34. The predicted molar refractivity (Wildman–Crippen MR) is 73.7 cm³/mol. The first-order valence-corrected chi connectivity index (χ1v) is 5.87. The molecular weight excluding hydrogens is 210 g/mol. The molecule has 0 heterocycles. The number of ether oxygens (including phenoxy) is 1. The van der Waals surface area contributed by atoms with E-state index in [-0.39, 0.29) is 0 Å². The Morgan fingerprint density at radius 1 is 1.29 bits per heavy atom. The summed E-state index contributed by atoms with van der Waals surface area (Å²) >= 11 is 0. The van der Waals surface area contributed by atoms with Crippen LogP contribution in [0, 0.1) is 0 Å². The van der Waals surface area contributed by atoms with E-state index in [2.05, 4.69) is 23.6 Å². The van der Waals surface area contributed by atoms with Crippen molar-refractivity contribution in [2.45, 2.75) is 6.92 Å². The molecule has 0 saturated carbocycles. The van der Waals surface area contributed by atoms with Gasteiger partial charge in [0.1, 0.15) is 5.76 Å². The third-order valence-corrected chi connectivity index (χ3v) is 2.35. The quantitative estimate of drug-likeness (QED) is 0.551. The minimum absolute atomic E-state index is 0.662. The topological polar surface area (TPSA) is 12.5 Å². The van der Waals surface area contributed by atoms with Gasteiger partial charge in [-0.05, 0) is 21.0 Å². The lowest BCUT2D eigenvalue weighted by atomic mass is 10.1. The van der Waals surface area contributed by atoms with Crippen molar-refractivity contribution in [3.05, 3.63) is 54.1 Å². The van der Waals surface area contributed by atoms with Crippen LogP contribution in [-0.4, -0.2) is 32.1 Å². The Hall–Kier alpha value is -1.54. The molecule has 0 aliphatic rings. The first-order valence-electron chi connectivity index (χ1n) is 5.87. The van der Waals surface area contributed by atoms with Gasteiger partial charge in [-0.15, -0.1) is 0 Å². The van der Waals surface area contributed by atoms with Gasteiger partial charge < -0.3 is 9.64 Å². The van der Waals surface area contributed by atoms with E-state index in [1.807, 2.05) is 45.3 Å². The Morgan fingerprint density at radius 2 is 1.94 bits per heavy atom. The lowest BCUT2D eigenvalue weighted by Gasteiger charge is -2.16. The third kappa shape index (κ3) is 4.08. The molecule has 0 amide bonds. The van der Waals surface area contributed by atoms with Crippen LogP contribution in [0.3, 0.4) is 0 Å². The van der Waals surface area contributed by atoms with E-state index in [0.29, 0.717) is 6.61 Å². The molecule has 0 atom stereocenters. The monoisotopic (exact) mass is 231 g/mol. The summed E-state index contributed by atoms with van der Waals surface area (Å²) in [7, 11) is 4.08. The molecule has 2 heteroatoms. The minimum atomic E-state index is 0.662. The lowest BCUT2D eigenvalue weighted by molar-refractivity contribution is 0.293. The van der Waals surface area contributed by atoms with E-state index in [0.717, 1.165) is 23.4 Å². The van der Waals surface area contributed by atoms with Gasteiger partial charge in [0, 0.05) is 17.7 Å². The van der Waals surface area contributed by atoms with E-state index in [1.54, 1.807) is 0 Å². The summed E-state index contributed by atoms with van der Waals surface area (Å²) < 4.78 is 5.76. The summed E-state index contributed by atoms with van der Waals surface area (Å²) in [5, 5.41) is 0. The standard InChI is InChI=1S/C15H21NO/c1-5-13(12-16(3)4)15(17-6-2)14-10-8-7-9-11-14/h5,7-11H,1,6,12H2,2-4H3/b15-13+. The highest BCUT2D eigenvalue weighted by Crippen LogP contribution is 2.21. The summed E-state index contributed by atoms with van der Waals surface area (Å²) in [5.74, 6) is 0.928. The molecule has 1 aromatic carbocycles. The van der Waals surface area contributed by atoms with Gasteiger partial charge in [-0.25, -0.2) is 0 Å². The van der Waals surface area contributed by atoms with E-state index >= 15 is 0 Å². The molecule has 17 heavy (non-hydrogen) atoms. The lowest BCUT2D eigenvalue weighted by Crippen LogP contribution is -2.16. The van der Waals surface area contributed by atoms with Crippen LogP contribution in [0.25, 0.3) is 5.76 Å². The molecule has 0 spiro atoms. The van der Waals surface area contributed by atoms with Crippen LogP contribution in [0.4, 0.5) is 0 Å². The highest BCUT2D eigenvalue weighted by atomic mass is 16.5. The van der Waals surface area contributed by atoms with Crippen molar-refractivity contribution >= 4 is 5.76 Å². The summed E-state index contributed by atoms with van der Waals surface area (Å²) in [4.78, 5) is 2.11. The molecule has 1 aromatic rings. The Bertz CT molecular complexity index is 379. The zero-order valence-corrected chi connectivity index (χ0v) is 10.9. The molecule has 2 nitrogen and oxygen atoms in total. The van der Waals surface area contributed by atoms with Crippen molar-refractivity contribution in [1.29, 1.82) is 0 Å². The fraction of sp³-hybridized carbons (Fsp3) is 0.333. The number of hydrogen-bond acceptors (Lipinski definition) is 2. The molecule has 0 aliphatic heterocycles. The molecule has 0 N–H and O–H groups in total. The second kappa shape index (κ2) is 6.92. The van der Waals surface area contributed by atoms with E-state index in [4.69, 9.17) is 4.74 Å². The van der Waals surface area contributed by atoms with E-state index in [1.165, 1.54) is 0 Å². The number of rotatable bonds is 6. The summed E-state index contributed by atoms with van der Waals surface area (Å²) in [6.07, 6.45) is 1.87. The maximum atomic E-state index is 5.76. The molecule has 0 aromatic heterocycles. The molecule has 1 rings (SSSR count). The normalized spacial score (nSPS) is 12.2. The predicted octanol–water partition coefficient (Wildman–Crippen LogP) is 3.18. The van der Waals surface area contributed by atoms with Crippen molar-refractivity contribution < 1.29 is 4.74 Å². The second-order valence-electron chi connectivity index (χ2n) is 4.10. The first kappa shape index (κ1) is 13.5.